The van der Waals surface area contributed by atoms with E-state index in [0.717, 1.165) is 13.0 Å². The number of hydrogen-bond acceptors (Lipinski definition) is 5. The maximum absolute atomic E-state index is 12.1. The smallest absolute Gasteiger partial charge is 0.147 e. The first-order valence-corrected chi connectivity index (χ1v) is 7.91. The Morgan fingerprint density at radius 2 is 2.00 bits per heavy atom. The van der Waals surface area contributed by atoms with Gasteiger partial charge in [-0.25, -0.2) is 0 Å². The van der Waals surface area contributed by atoms with Crippen molar-refractivity contribution in [1.29, 1.82) is 0 Å². The normalized spacial score (nSPS) is 49.2. The summed E-state index contributed by atoms with van der Waals surface area (Å²) >= 11 is 1.84. The van der Waals surface area contributed by atoms with Gasteiger partial charge in [-0.3, -0.25) is 14.5 Å². The molecular weight excluding hydrogens is 262 g/mol. The van der Waals surface area contributed by atoms with Gasteiger partial charge in [0.25, 0.3) is 0 Å². The van der Waals surface area contributed by atoms with Crippen LogP contribution >= 0.6 is 11.8 Å². The van der Waals surface area contributed by atoms with E-state index in [9.17, 15) is 9.59 Å². The first-order valence-electron chi connectivity index (χ1n) is 6.96. The highest BCUT2D eigenvalue weighted by Crippen LogP contribution is 2.57. The quantitative estimate of drug-likeness (QED) is 0.771. The van der Waals surface area contributed by atoms with E-state index in [4.69, 9.17) is 4.74 Å². The molecule has 0 aromatic carbocycles. The number of fused-ring (bicyclic) bond motifs is 3. The zero-order valence-electron chi connectivity index (χ0n) is 11.9. The van der Waals surface area contributed by atoms with Crippen LogP contribution in [0.1, 0.15) is 34.1 Å². The van der Waals surface area contributed by atoms with Crippen LogP contribution in [0.15, 0.2) is 0 Å². The topological polar surface area (TPSA) is 46.6 Å². The van der Waals surface area contributed by atoms with Crippen molar-refractivity contribution < 1.29 is 14.3 Å². The lowest BCUT2D eigenvalue weighted by Gasteiger charge is -2.37. The molecular formula is C14H21NO3S. The predicted molar refractivity (Wildman–Crippen MR) is 73.8 cm³/mol. The number of carbonyl (C=O) groups is 2. The average molecular weight is 283 g/mol. The molecule has 3 saturated heterocycles. The van der Waals surface area contributed by atoms with E-state index in [1.54, 1.807) is 13.8 Å². The monoisotopic (exact) mass is 283 g/mol. The van der Waals surface area contributed by atoms with Crippen LogP contribution in [0.25, 0.3) is 0 Å². The molecule has 0 aromatic heterocycles. The number of Topliss-reactive ketones (excluding diaryl/α,β-unsaturated/α-hetero) is 2. The third kappa shape index (κ3) is 1.68. The Hall–Kier alpha value is -0.390. The number of carbonyl (C=O) groups excluding carboxylic acids is 2. The molecule has 0 bridgehead atoms. The summed E-state index contributed by atoms with van der Waals surface area (Å²) in [6.45, 7) is 8.16. The van der Waals surface area contributed by atoms with Crippen molar-refractivity contribution in [3.8, 4) is 0 Å². The first-order chi connectivity index (χ1) is 8.88. The van der Waals surface area contributed by atoms with Crippen LogP contribution in [0.5, 0.6) is 0 Å². The summed E-state index contributed by atoms with van der Waals surface area (Å²) < 4.78 is 5.98. The van der Waals surface area contributed by atoms with Crippen LogP contribution in [0.4, 0.5) is 0 Å². The summed E-state index contributed by atoms with van der Waals surface area (Å²) in [5.74, 6) is 0.376. The maximum atomic E-state index is 12.1. The summed E-state index contributed by atoms with van der Waals surface area (Å²) in [6.07, 6.45) is 1.01. The van der Waals surface area contributed by atoms with Gasteiger partial charge < -0.3 is 4.74 Å². The minimum atomic E-state index is -0.371. The van der Waals surface area contributed by atoms with E-state index in [1.807, 2.05) is 18.7 Å². The van der Waals surface area contributed by atoms with Crippen LogP contribution in [0, 0.1) is 11.8 Å². The van der Waals surface area contributed by atoms with Crippen molar-refractivity contribution in [2.75, 3.05) is 6.61 Å². The van der Waals surface area contributed by atoms with Crippen molar-refractivity contribution in [3.05, 3.63) is 0 Å². The molecule has 3 fully saturated rings. The molecule has 4 nitrogen and oxygen atoms in total. The summed E-state index contributed by atoms with van der Waals surface area (Å²) in [6, 6.07) is -0.181. The molecule has 0 saturated carbocycles. The van der Waals surface area contributed by atoms with Gasteiger partial charge in [-0.05, 0) is 33.1 Å². The third-order valence-corrected chi connectivity index (χ3v) is 6.82. The fourth-order valence-electron chi connectivity index (χ4n) is 4.19. The summed E-state index contributed by atoms with van der Waals surface area (Å²) in [5.41, 5.74) is -0.371. The standard InChI is InChI=1S/C14H21NO3S/c1-7-11(8(2)16)13-15(12(7)9(3)17)14(4)10(19-13)5-6-18-14/h7,10-13H,5-6H2,1-4H3. The fraction of sp³-hybridized carbons (Fsp3) is 0.857. The molecule has 3 aliphatic rings. The van der Waals surface area contributed by atoms with Gasteiger partial charge in [0.1, 0.15) is 17.3 Å². The van der Waals surface area contributed by atoms with E-state index in [0.29, 0.717) is 5.25 Å². The van der Waals surface area contributed by atoms with Crippen molar-refractivity contribution in [2.24, 2.45) is 11.8 Å². The molecule has 5 heteroatoms. The Labute approximate surface area is 118 Å². The summed E-state index contributed by atoms with van der Waals surface area (Å²) in [7, 11) is 0. The van der Waals surface area contributed by atoms with Crippen molar-refractivity contribution in [3.63, 3.8) is 0 Å². The minimum absolute atomic E-state index is 0.0510. The third-order valence-electron chi connectivity index (χ3n) is 5.02. The molecule has 106 valence electrons. The number of nitrogens with zero attached hydrogens (tertiary/aromatic N) is 1. The van der Waals surface area contributed by atoms with Gasteiger partial charge in [-0.1, -0.05) is 6.92 Å². The van der Waals surface area contributed by atoms with Gasteiger partial charge in [-0.2, -0.15) is 0 Å². The van der Waals surface area contributed by atoms with Crippen LogP contribution < -0.4 is 0 Å². The van der Waals surface area contributed by atoms with Gasteiger partial charge in [0.05, 0.1) is 23.3 Å². The average Bonchev–Trinajstić information content (AvgIpc) is 2.85. The molecule has 0 N–H and O–H groups in total. The Morgan fingerprint density at radius 3 is 2.58 bits per heavy atom. The second kappa shape index (κ2) is 4.30. The van der Waals surface area contributed by atoms with E-state index in [2.05, 4.69) is 11.8 Å². The highest BCUT2D eigenvalue weighted by molar-refractivity contribution is 8.00. The Bertz CT molecular complexity index is 440. The molecule has 0 aliphatic carbocycles. The van der Waals surface area contributed by atoms with Crippen LogP contribution in [0.2, 0.25) is 0 Å². The van der Waals surface area contributed by atoms with Crippen molar-refractivity contribution in [1.82, 2.24) is 4.90 Å². The van der Waals surface area contributed by atoms with Gasteiger partial charge in [-0.15, -0.1) is 11.8 Å². The van der Waals surface area contributed by atoms with Crippen LogP contribution in [0.3, 0.4) is 0 Å². The van der Waals surface area contributed by atoms with E-state index in [1.165, 1.54) is 0 Å². The fourth-order valence-corrected chi connectivity index (χ4v) is 6.29. The van der Waals surface area contributed by atoms with Gasteiger partial charge in [0.15, 0.2) is 0 Å². The van der Waals surface area contributed by atoms with Gasteiger partial charge >= 0.3 is 0 Å². The van der Waals surface area contributed by atoms with E-state index < -0.39 is 0 Å². The second-order valence-corrected chi connectivity index (χ2v) is 7.49. The molecule has 6 unspecified atom stereocenters. The van der Waals surface area contributed by atoms with E-state index in [-0.39, 0.29) is 40.5 Å². The largest absolute Gasteiger partial charge is 0.359 e. The number of rotatable bonds is 2. The summed E-state index contributed by atoms with van der Waals surface area (Å²) in [4.78, 5) is 26.3. The lowest BCUT2D eigenvalue weighted by Crippen LogP contribution is -2.53. The highest BCUT2D eigenvalue weighted by Gasteiger charge is 2.65. The Balaban J connectivity index is 2.03. The number of ether oxygens (including phenoxy) is 1. The number of ketones is 2. The lowest BCUT2D eigenvalue weighted by atomic mass is 9.88. The van der Waals surface area contributed by atoms with E-state index >= 15 is 0 Å². The van der Waals surface area contributed by atoms with Crippen molar-refractivity contribution in [2.45, 2.75) is 56.5 Å². The van der Waals surface area contributed by atoms with Crippen LogP contribution in [-0.2, 0) is 14.3 Å². The molecule has 6 atom stereocenters. The molecule has 19 heavy (non-hydrogen) atoms. The second-order valence-electron chi connectivity index (χ2n) is 6.17. The Kier molecular flexibility index (Phi) is 3.08. The maximum Gasteiger partial charge on any atom is 0.147 e. The Morgan fingerprint density at radius 1 is 1.32 bits per heavy atom. The lowest BCUT2D eigenvalue weighted by molar-refractivity contribution is -0.140. The van der Waals surface area contributed by atoms with Gasteiger partial charge in [0.2, 0.25) is 0 Å². The molecule has 3 aliphatic heterocycles. The number of thioether (sulfide) groups is 1. The van der Waals surface area contributed by atoms with Crippen LogP contribution in [-0.4, -0.2) is 45.5 Å². The molecule has 0 radical (unpaired) electrons. The molecule has 3 rings (SSSR count). The summed E-state index contributed by atoms with van der Waals surface area (Å²) in [5, 5.41) is 0.491. The van der Waals surface area contributed by atoms with Crippen molar-refractivity contribution >= 4 is 23.3 Å². The zero-order chi connectivity index (χ0) is 13.9. The zero-order valence-corrected chi connectivity index (χ0v) is 12.7. The molecule has 0 amide bonds. The molecule has 0 spiro atoms. The molecule has 3 heterocycles. The first kappa shape index (κ1) is 13.6. The minimum Gasteiger partial charge on any atom is -0.359 e. The SMILES string of the molecule is CC(=O)C1C(C)C(C(C)=O)N2C1SC1CCOC12C. The highest BCUT2D eigenvalue weighted by atomic mass is 32.2. The molecule has 0 aromatic rings. The predicted octanol–water partition coefficient (Wildman–Crippen LogP) is 1.68. The van der Waals surface area contributed by atoms with Gasteiger partial charge in [0, 0.05) is 5.92 Å². The number of hydrogen-bond donors (Lipinski definition) is 0.